The van der Waals surface area contributed by atoms with Gasteiger partial charge in [-0.3, -0.25) is 19.2 Å². The molecule has 1 saturated heterocycles. The van der Waals surface area contributed by atoms with Crippen LogP contribution in [-0.2, 0) is 40.8 Å². The number of hydrogen-bond acceptors (Lipinski definition) is 9. The predicted molar refractivity (Wildman–Crippen MR) is 133 cm³/mol. The van der Waals surface area contributed by atoms with Gasteiger partial charge in [-0.1, -0.05) is 60.7 Å². The van der Waals surface area contributed by atoms with Gasteiger partial charge < -0.3 is 30.6 Å². The normalized spacial score (nSPS) is 15.8. The summed E-state index contributed by atoms with van der Waals surface area (Å²) in [5, 5.41) is 9.41. The number of rotatable bonds is 11. The van der Waals surface area contributed by atoms with Crippen LogP contribution in [0.2, 0.25) is 0 Å². The average molecular weight is 584 g/mol. The number of β-lactam (4-membered cyclic amide) rings is 1. The number of carbonyl (C=O) groups excluding carboxylic acids is 5. The largest absolute Gasteiger partial charge is 1.00 e. The number of alkyl carbamates (subject to hydrolysis) is 1. The summed E-state index contributed by atoms with van der Waals surface area (Å²) in [5.41, 5.74) is 0.975. The molecular weight excluding hydrogens is 557 g/mol. The van der Waals surface area contributed by atoms with Crippen LogP contribution in [0.25, 0.3) is 0 Å². The molecule has 40 heavy (non-hydrogen) atoms. The number of nitrogens with zero attached hydrogens (tertiary/aromatic N) is 1. The van der Waals surface area contributed by atoms with Gasteiger partial charge in [-0.25, -0.2) is 17.5 Å². The van der Waals surface area contributed by atoms with Gasteiger partial charge in [0.15, 0.2) is 10.3 Å². The van der Waals surface area contributed by atoms with Gasteiger partial charge in [-0.05, 0) is 11.1 Å². The summed E-state index contributed by atoms with van der Waals surface area (Å²) in [5.74, 6) is -3.50. The Kier molecular flexibility index (Phi) is 12.1. The van der Waals surface area contributed by atoms with Gasteiger partial charge in [-0.15, -0.1) is 0 Å². The number of amides is 5. The Hall–Kier alpha value is -3.50. The molecule has 16 heteroatoms. The summed E-state index contributed by atoms with van der Waals surface area (Å²) in [6.45, 7) is -0.651. The van der Waals surface area contributed by atoms with E-state index in [2.05, 4.69) is 21.3 Å². The Balaban J connectivity index is 0.00000560. The Bertz CT molecular complexity index is 1330. The minimum atomic E-state index is -5.01. The van der Waals surface area contributed by atoms with E-state index in [0.717, 1.165) is 0 Å². The van der Waals surface area contributed by atoms with Crippen LogP contribution in [0, 0.1) is 0 Å². The van der Waals surface area contributed by atoms with E-state index < -0.39 is 71.1 Å². The van der Waals surface area contributed by atoms with Gasteiger partial charge >= 0.3 is 35.7 Å². The molecule has 3 rings (SSSR count). The number of carbonyl (C=O) groups is 5. The molecule has 0 bridgehead atoms. The first kappa shape index (κ1) is 32.7. The summed E-state index contributed by atoms with van der Waals surface area (Å²) in [7, 11) is -3.67. The zero-order valence-electron chi connectivity index (χ0n) is 21.7. The third kappa shape index (κ3) is 9.02. The van der Waals surface area contributed by atoms with Crippen LogP contribution in [0.15, 0.2) is 60.7 Å². The van der Waals surface area contributed by atoms with Crippen LogP contribution in [0.1, 0.15) is 23.6 Å². The maximum Gasteiger partial charge on any atom is 1.00 e. The molecule has 0 aromatic heterocycles. The van der Waals surface area contributed by atoms with Crippen molar-refractivity contribution in [2.24, 2.45) is 0 Å². The monoisotopic (exact) mass is 583 g/mol. The number of benzene rings is 2. The second-order valence-corrected chi connectivity index (χ2v) is 9.67. The molecule has 0 saturated carbocycles. The quantitative estimate of drug-likeness (QED) is 0.116. The van der Waals surface area contributed by atoms with Gasteiger partial charge in [0.05, 0.1) is 13.0 Å². The van der Waals surface area contributed by atoms with Crippen molar-refractivity contribution >= 4 is 40.0 Å². The van der Waals surface area contributed by atoms with E-state index in [1.165, 1.54) is 19.2 Å². The Morgan fingerprint density at radius 1 is 1.00 bits per heavy atom. The van der Waals surface area contributed by atoms with Crippen LogP contribution in [-0.4, -0.2) is 72.7 Å². The second kappa shape index (κ2) is 14.8. The summed E-state index contributed by atoms with van der Waals surface area (Å²) >= 11 is 0. The summed E-state index contributed by atoms with van der Waals surface area (Å²) in [6.07, 6.45) is -1.47. The van der Waals surface area contributed by atoms with E-state index in [4.69, 9.17) is 4.74 Å². The fraction of sp³-hybridized carbons (Fsp3) is 0.292. The van der Waals surface area contributed by atoms with Crippen molar-refractivity contribution in [1.29, 1.82) is 0 Å². The fourth-order valence-electron chi connectivity index (χ4n) is 3.55. The molecule has 5 amide bonds. The topological polar surface area (TPSA) is 203 Å². The Labute approximate surface area is 252 Å². The standard InChI is InChI=1S/C24H27N5O9S.Na/c1-25-19(30)12-17(27-24(34)38-14-15-8-4-2-5-9-15)21(31)28-20(16-10-6-3-7-11-16)22(32)26-18-13-29(23(18)33)39(35,36)37;/h2-11,17-18,20H,12-14H2,1H3,(H,25,30)(H,26,32)(H,27,34)(H,28,31)(H,35,36,37);/q;+1/p-1. The van der Waals surface area contributed by atoms with Gasteiger partial charge in [0, 0.05) is 7.05 Å². The van der Waals surface area contributed by atoms with Crippen molar-refractivity contribution < 1.29 is 71.2 Å². The van der Waals surface area contributed by atoms with Gasteiger partial charge in [0.25, 0.3) is 5.91 Å². The van der Waals surface area contributed by atoms with E-state index >= 15 is 0 Å². The summed E-state index contributed by atoms with van der Waals surface area (Å²) in [4.78, 5) is 62.7. The van der Waals surface area contributed by atoms with Crippen molar-refractivity contribution in [2.75, 3.05) is 13.6 Å². The molecule has 4 N–H and O–H groups in total. The summed E-state index contributed by atoms with van der Waals surface area (Å²) < 4.78 is 38.4. The molecule has 14 nitrogen and oxygen atoms in total. The van der Waals surface area contributed by atoms with Crippen LogP contribution < -0.4 is 50.8 Å². The van der Waals surface area contributed by atoms with E-state index in [0.29, 0.717) is 5.56 Å². The smallest absolute Gasteiger partial charge is 0.731 e. The minimum absolute atomic E-state index is 0. The third-order valence-corrected chi connectivity index (χ3v) is 6.52. The molecular formula is C24H26N5NaO9S. The first-order chi connectivity index (χ1) is 18.5. The van der Waals surface area contributed by atoms with Crippen molar-refractivity contribution in [2.45, 2.75) is 31.2 Å². The molecule has 1 heterocycles. The number of hydrogen-bond donors (Lipinski definition) is 4. The number of nitrogens with one attached hydrogen (secondary N) is 4. The molecule has 3 atom stereocenters. The third-order valence-electron chi connectivity index (χ3n) is 5.65. The van der Waals surface area contributed by atoms with Crippen LogP contribution in [0.4, 0.5) is 4.79 Å². The predicted octanol–water partition coefficient (Wildman–Crippen LogP) is -3.93. The van der Waals surface area contributed by atoms with Crippen molar-refractivity contribution in [1.82, 2.24) is 25.6 Å². The van der Waals surface area contributed by atoms with Gasteiger partial charge in [0.1, 0.15) is 24.7 Å². The molecule has 1 aliphatic heterocycles. The summed E-state index contributed by atoms with van der Waals surface area (Å²) in [6, 6.07) is 12.5. The molecule has 3 unspecified atom stereocenters. The Morgan fingerprint density at radius 2 is 1.60 bits per heavy atom. The molecule has 1 aliphatic rings. The maximum atomic E-state index is 13.2. The van der Waals surface area contributed by atoms with Crippen LogP contribution >= 0.6 is 0 Å². The van der Waals surface area contributed by atoms with Crippen LogP contribution in [0.5, 0.6) is 0 Å². The molecule has 2 aromatic carbocycles. The second-order valence-electron chi connectivity index (χ2n) is 8.38. The number of ether oxygens (including phenoxy) is 1. The Morgan fingerprint density at radius 3 is 2.15 bits per heavy atom. The van der Waals surface area contributed by atoms with E-state index in [-0.39, 0.29) is 46.0 Å². The minimum Gasteiger partial charge on any atom is -0.731 e. The zero-order chi connectivity index (χ0) is 28.6. The van der Waals surface area contributed by atoms with Crippen molar-refractivity contribution in [3.8, 4) is 0 Å². The van der Waals surface area contributed by atoms with Crippen molar-refractivity contribution in [3.63, 3.8) is 0 Å². The maximum absolute atomic E-state index is 13.2. The van der Waals surface area contributed by atoms with E-state index in [1.54, 1.807) is 48.5 Å². The molecule has 0 aliphatic carbocycles. The van der Waals surface area contributed by atoms with E-state index in [9.17, 15) is 36.9 Å². The van der Waals surface area contributed by atoms with E-state index in [1.807, 2.05) is 0 Å². The van der Waals surface area contributed by atoms with Crippen molar-refractivity contribution in [3.05, 3.63) is 71.8 Å². The zero-order valence-corrected chi connectivity index (χ0v) is 24.5. The SMILES string of the molecule is CNC(=O)CC(NC(=O)OCc1ccccc1)C(=O)NC(C(=O)NC1CN(S(=O)(=O)[O-])C1=O)c1ccccc1.[Na+]. The fourth-order valence-corrected chi connectivity index (χ4v) is 4.23. The molecule has 0 spiro atoms. The molecule has 1 fully saturated rings. The molecule has 2 aromatic rings. The first-order valence-corrected chi connectivity index (χ1v) is 13.0. The van der Waals surface area contributed by atoms with Crippen LogP contribution in [0.3, 0.4) is 0 Å². The van der Waals surface area contributed by atoms with Gasteiger partial charge in [-0.2, -0.15) is 0 Å². The van der Waals surface area contributed by atoms with Gasteiger partial charge in [0.2, 0.25) is 17.7 Å². The average Bonchev–Trinajstić information content (AvgIpc) is 2.91. The molecule has 0 radical (unpaired) electrons. The molecule has 208 valence electrons. The first-order valence-electron chi connectivity index (χ1n) is 11.6.